The first-order valence-corrected chi connectivity index (χ1v) is 9.65. The van der Waals surface area contributed by atoms with E-state index in [0.29, 0.717) is 24.0 Å². The van der Waals surface area contributed by atoms with Crippen molar-refractivity contribution < 1.29 is 13.2 Å². The number of ether oxygens (including phenoxy) is 1. The van der Waals surface area contributed by atoms with Crippen LogP contribution in [0.15, 0.2) is 15.7 Å². The van der Waals surface area contributed by atoms with E-state index in [1.807, 2.05) is 33.1 Å². The maximum absolute atomic E-state index is 12.4. The van der Waals surface area contributed by atoms with Gasteiger partial charge in [0.15, 0.2) is 0 Å². The lowest BCUT2D eigenvalue weighted by Crippen LogP contribution is -2.41. The molecule has 0 radical (unpaired) electrons. The molecule has 1 atom stereocenters. The molecule has 122 valence electrons. The van der Waals surface area contributed by atoms with E-state index < -0.39 is 10.0 Å². The largest absolute Gasteiger partial charge is 0.380 e. The molecule has 1 rings (SSSR count). The van der Waals surface area contributed by atoms with E-state index in [1.54, 1.807) is 6.07 Å². The molecule has 0 spiro atoms. The molecule has 0 saturated heterocycles. The van der Waals surface area contributed by atoms with Crippen molar-refractivity contribution in [3.05, 3.63) is 17.0 Å². The second kappa shape index (κ2) is 8.85. The second-order valence-electron chi connectivity index (χ2n) is 5.19. The molecular formula is C14H26N2O3S2. The second-order valence-corrected chi connectivity index (χ2v) is 8.04. The number of rotatable bonds is 10. The van der Waals surface area contributed by atoms with Crippen LogP contribution in [0.5, 0.6) is 0 Å². The Balaban J connectivity index is 2.76. The van der Waals surface area contributed by atoms with E-state index in [0.717, 1.165) is 12.1 Å². The average Bonchev–Trinajstić information content (AvgIpc) is 2.90. The van der Waals surface area contributed by atoms with Crippen LogP contribution in [0.25, 0.3) is 0 Å². The van der Waals surface area contributed by atoms with Crippen LogP contribution in [-0.2, 0) is 21.3 Å². The van der Waals surface area contributed by atoms with Crippen molar-refractivity contribution in [3.63, 3.8) is 0 Å². The zero-order chi connectivity index (χ0) is 15.9. The predicted molar refractivity (Wildman–Crippen MR) is 87.1 cm³/mol. The lowest BCUT2D eigenvalue weighted by atomic mass is 10.1. The number of thiophene rings is 1. The first-order chi connectivity index (χ1) is 9.90. The molecule has 0 bridgehead atoms. The summed E-state index contributed by atoms with van der Waals surface area (Å²) in [7, 11) is -3.48. The molecule has 1 aromatic heterocycles. The Labute approximate surface area is 132 Å². The minimum absolute atomic E-state index is 0.174. The SMILES string of the molecule is CCNCc1csc(S(=O)(=O)NC(COCC)C(C)C)c1. The van der Waals surface area contributed by atoms with Crippen LogP contribution in [0.1, 0.15) is 33.3 Å². The average molecular weight is 335 g/mol. The van der Waals surface area contributed by atoms with Gasteiger partial charge in [-0.3, -0.25) is 0 Å². The van der Waals surface area contributed by atoms with Crippen LogP contribution in [-0.4, -0.2) is 34.2 Å². The van der Waals surface area contributed by atoms with Crippen LogP contribution in [0.3, 0.4) is 0 Å². The van der Waals surface area contributed by atoms with Gasteiger partial charge in [-0.15, -0.1) is 11.3 Å². The van der Waals surface area contributed by atoms with Gasteiger partial charge in [0.1, 0.15) is 4.21 Å². The summed E-state index contributed by atoms with van der Waals surface area (Å²) in [5, 5.41) is 5.07. The Morgan fingerprint density at radius 2 is 2.05 bits per heavy atom. The van der Waals surface area contributed by atoms with Gasteiger partial charge in [-0.1, -0.05) is 20.8 Å². The summed E-state index contributed by atoms with van der Waals surface area (Å²) >= 11 is 1.25. The van der Waals surface area contributed by atoms with Gasteiger partial charge in [0, 0.05) is 19.2 Å². The van der Waals surface area contributed by atoms with Crippen LogP contribution >= 0.6 is 11.3 Å². The van der Waals surface area contributed by atoms with Crippen molar-refractivity contribution in [2.75, 3.05) is 19.8 Å². The molecule has 1 aromatic rings. The van der Waals surface area contributed by atoms with E-state index in [-0.39, 0.29) is 12.0 Å². The fourth-order valence-electron chi connectivity index (χ4n) is 1.72. The summed E-state index contributed by atoms with van der Waals surface area (Å²) in [4.78, 5) is 0. The predicted octanol–water partition coefficient (Wildman–Crippen LogP) is 2.20. The Kier molecular flexibility index (Phi) is 7.83. The van der Waals surface area contributed by atoms with E-state index in [1.165, 1.54) is 11.3 Å². The van der Waals surface area contributed by atoms with Gasteiger partial charge in [-0.25, -0.2) is 13.1 Å². The third kappa shape index (κ3) is 6.04. The van der Waals surface area contributed by atoms with Crippen molar-refractivity contribution in [1.82, 2.24) is 10.0 Å². The van der Waals surface area contributed by atoms with E-state index in [4.69, 9.17) is 4.74 Å². The summed E-state index contributed by atoms with van der Waals surface area (Å²) in [6, 6.07) is 1.52. The molecule has 1 unspecified atom stereocenters. The Hall–Kier alpha value is -0.470. The maximum Gasteiger partial charge on any atom is 0.250 e. The number of nitrogens with one attached hydrogen (secondary N) is 2. The van der Waals surface area contributed by atoms with Crippen LogP contribution in [0, 0.1) is 5.92 Å². The lowest BCUT2D eigenvalue weighted by molar-refractivity contribution is 0.116. The fourth-order valence-corrected chi connectivity index (χ4v) is 4.32. The summed E-state index contributed by atoms with van der Waals surface area (Å²) < 4.78 is 33.3. The molecule has 0 aliphatic carbocycles. The summed E-state index contributed by atoms with van der Waals surface area (Å²) in [6.45, 7) is 10.4. The Bertz CT molecular complexity index is 512. The molecule has 0 aliphatic heterocycles. The highest BCUT2D eigenvalue weighted by molar-refractivity contribution is 7.91. The third-order valence-electron chi connectivity index (χ3n) is 3.09. The van der Waals surface area contributed by atoms with Crippen molar-refractivity contribution in [1.29, 1.82) is 0 Å². The minimum atomic E-state index is -3.48. The molecule has 0 fully saturated rings. The third-order valence-corrected chi connectivity index (χ3v) is 6.06. The van der Waals surface area contributed by atoms with E-state index in [9.17, 15) is 8.42 Å². The molecule has 0 aromatic carbocycles. The zero-order valence-electron chi connectivity index (χ0n) is 13.2. The minimum Gasteiger partial charge on any atom is -0.380 e. The molecule has 1 heterocycles. The van der Waals surface area contributed by atoms with Gasteiger partial charge in [-0.05, 0) is 36.4 Å². The molecular weight excluding hydrogens is 308 g/mol. The smallest absolute Gasteiger partial charge is 0.250 e. The highest BCUT2D eigenvalue weighted by Crippen LogP contribution is 2.21. The van der Waals surface area contributed by atoms with Crippen molar-refractivity contribution in [2.24, 2.45) is 5.92 Å². The molecule has 0 aliphatic rings. The number of sulfonamides is 1. The van der Waals surface area contributed by atoms with Gasteiger partial charge in [0.2, 0.25) is 10.0 Å². The highest BCUT2D eigenvalue weighted by atomic mass is 32.2. The molecule has 0 saturated carbocycles. The number of hydrogen-bond acceptors (Lipinski definition) is 5. The van der Waals surface area contributed by atoms with Gasteiger partial charge >= 0.3 is 0 Å². The Morgan fingerprint density at radius 3 is 2.62 bits per heavy atom. The summed E-state index contributed by atoms with van der Waals surface area (Å²) in [6.07, 6.45) is 0. The molecule has 5 nitrogen and oxygen atoms in total. The van der Waals surface area contributed by atoms with Crippen molar-refractivity contribution in [2.45, 2.75) is 44.5 Å². The summed E-state index contributed by atoms with van der Waals surface area (Å²) in [5.74, 6) is 0.174. The van der Waals surface area contributed by atoms with Gasteiger partial charge < -0.3 is 10.1 Å². The first kappa shape index (κ1) is 18.6. The zero-order valence-corrected chi connectivity index (χ0v) is 14.8. The lowest BCUT2D eigenvalue weighted by Gasteiger charge is -2.21. The van der Waals surface area contributed by atoms with Crippen LogP contribution in [0.4, 0.5) is 0 Å². The monoisotopic (exact) mass is 334 g/mol. The van der Waals surface area contributed by atoms with E-state index >= 15 is 0 Å². The van der Waals surface area contributed by atoms with Crippen LogP contribution < -0.4 is 10.0 Å². The summed E-state index contributed by atoms with van der Waals surface area (Å²) in [5.41, 5.74) is 0.994. The molecule has 21 heavy (non-hydrogen) atoms. The Morgan fingerprint density at radius 1 is 1.33 bits per heavy atom. The highest BCUT2D eigenvalue weighted by Gasteiger charge is 2.24. The molecule has 2 N–H and O–H groups in total. The number of hydrogen-bond donors (Lipinski definition) is 2. The fraction of sp³-hybridized carbons (Fsp3) is 0.714. The normalized spacial score (nSPS) is 13.8. The van der Waals surface area contributed by atoms with Gasteiger partial charge in [0.25, 0.3) is 0 Å². The first-order valence-electron chi connectivity index (χ1n) is 7.28. The van der Waals surface area contributed by atoms with E-state index in [2.05, 4.69) is 10.0 Å². The van der Waals surface area contributed by atoms with Gasteiger partial charge in [-0.2, -0.15) is 0 Å². The van der Waals surface area contributed by atoms with Gasteiger partial charge in [0.05, 0.1) is 6.61 Å². The molecule has 0 amide bonds. The van der Waals surface area contributed by atoms with Crippen molar-refractivity contribution >= 4 is 21.4 Å². The van der Waals surface area contributed by atoms with Crippen molar-refractivity contribution in [3.8, 4) is 0 Å². The quantitative estimate of drug-likeness (QED) is 0.688. The standard InChI is InChI=1S/C14H26N2O3S2/c1-5-15-8-12-7-14(20-10-12)21(17,18)16-13(11(3)4)9-19-6-2/h7,10-11,13,15-16H,5-6,8-9H2,1-4H3. The van der Waals surface area contributed by atoms with Crippen LogP contribution in [0.2, 0.25) is 0 Å². The maximum atomic E-state index is 12.4. The topological polar surface area (TPSA) is 67.4 Å². The molecule has 7 heteroatoms.